The molecule has 0 unspecified atom stereocenters. The number of aliphatic carboxylic acids is 1. The van der Waals surface area contributed by atoms with Gasteiger partial charge in [0.2, 0.25) is 5.91 Å². The Morgan fingerprint density at radius 2 is 1.61 bits per heavy atom. The Balaban J connectivity index is 1.33. The molecule has 0 saturated carbocycles. The van der Waals surface area contributed by atoms with Crippen LogP contribution in [-0.2, 0) is 35.3 Å². The highest BCUT2D eigenvalue weighted by Crippen LogP contribution is 2.40. The molecule has 4 rings (SSSR count). The minimum Gasteiger partial charge on any atom is -0.508 e. The summed E-state index contributed by atoms with van der Waals surface area (Å²) in [6, 6.07) is 19.4. The number of carboxylic acid groups (broad SMARTS) is 1. The number of benzene rings is 3. The average Bonchev–Trinajstić information content (AvgIpc) is 3.12. The van der Waals surface area contributed by atoms with E-state index in [0.717, 1.165) is 39.8 Å². The van der Waals surface area contributed by atoms with E-state index in [1.807, 2.05) is 36.4 Å². The minimum absolute atomic E-state index is 0.0677. The van der Waals surface area contributed by atoms with E-state index in [1.165, 1.54) is 5.56 Å². The number of carbonyl (C=O) groups is 2. The van der Waals surface area contributed by atoms with Crippen molar-refractivity contribution in [1.29, 1.82) is 0 Å². The Morgan fingerprint density at radius 1 is 0.903 bits per heavy atom. The van der Waals surface area contributed by atoms with Crippen molar-refractivity contribution in [1.82, 2.24) is 5.32 Å². The molecule has 1 aliphatic rings. The molecule has 0 heterocycles. The van der Waals surface area contributed by atoms with Crippen LogP contribution in [0.3, 0.4) is 0 Å². The second-order valence-electron chi connectivity index (χ2n) is 7.95. The third-order valence-corrected chi connectivity index (χ3v) is 5.74. The minimum atomic E-state index is -0.798. The largest absolute Gasteiger partial charge is 0.508 e. The second kappa shape index (κ2) is 9.04. The summed E-state index contributed by atoms with van der Waals surface area (Å²) in [5, 5.41) is 21.9. The van der Waals surface area contributed by atoms with Gasteiger partial charge in [0.25, 0.3) is 0 Å². The number of hydrogen-bond donors (Lipinski definition) is 3. The van der Waals surface area contributed by atoms with Gasteiger partial charge in [-0.3, -0.25) is 9.59 Å². The van der Waals surface area contributed by atoms with Crippen molar-refractivity contribution in [3.63, 3.8) is 0 Å². The molecule has 0 spiro atoms. The third-order valence-electron chi connectivity index (χ3n) is 5.74. The molecule has 1 aliphatic carbocycles. The summed E-state index contributed by atoms with van der Waals surface area (Å²) in [5.74, 6) is -0.684. The van der Waals surface area contributed by atoms with E-state index in [-0.39, 0.29) is 24.5 Å². The Labute approximate surface area is 181 Å². The number of carboxylic acids is 1. The van der Waals surface area contributed by atoms with Gasteiger partial charge in [0.1, 0.15) is 5.75 Å². The van der Waals surface area contributed by atoms with Crippen LogP contribution in [0.1, 0.15) is 34.2 Å². The lowest BCUT2D eigenvalue weighted by Crippen LogP contribution is -2.27. The van der Waals surface area contributed by atoms with Gasteiger partial charge in [-0.2, -0.15) is 0 Å². The first kappa shape index (κ1) is 20.7. The van der Waals surface area contributed by atoms with Crippen molar-refractivity contribution in [3.8, 4) is 16.9 Å². The smallest absolute Gasteiger partial charge is 0.303 e. The van der Waals surface area contributed by atoms with Gasteiger partial charge >= 0.3 is 5.97 Å². The van der Waals surface area contributed by atoms with E-state index in [2.05, 4.69) is 17.4 Å². The maximum atomic E-state index is 12.5. The predicted molar refractivity (Wildman–Crippen MR) is 119 cm³/mol. The summed E-state index contributed by atoms with van der Waals surface area (Å²) >= 11 is 0. The van der Waals surface area contributed by atoms with Gasteiger partial charge in [-0.15, -0.1) is 0 Å². The van der Waals surface area contributed by atoms with Crippen molar-refractivity contribution in [2.45, 2.75) is 32.1 Å². The second-order valence-corrected chi connectivity index (χ2v) is 7.95. The Hall–Kier alpha value is -3.60. The number of rotatable bonds is 8. The number of aromatic hydroxyl groups is 1. The van der Waals surface area contributed by atoms with Crippen molar-refractivity contribution in [2.75, 3.05) is 6.54 Å². The highest BCUT2D eigenvalue weighted by Gasteiger charge is 2.22. The first-order valence-electron chi connectivity index (χ1n) is 10.5. The summed E-state index contributed by atoms with van der Waals surface area (Å²) in [4.78, 5) is 23.2. The number of fused-ring (bicyclic) bond motifs is 3. The molecule has 158 valence electrons. The van der Waals surface area contributed by atoms with E-state index in [4.69, 9.17) is 5.11 Å². The molecule has 31 heavy (non-hydrogen) atoms. The van der Waals surface area contributed by atoms with Crippen LogP contribution >= 0.6 is 0 Å². The van der Waals surface area contributed by atoms with Crippen molar-refractivity contribution in [3.05, 3.63) is 88.5 Å². The molecule has 0 atom stereocenters. The van der Waals surface area contributed by atoms with Crippen LogP contribution in [0.2, 0.25) is 0 Å². The molecule has 0 aromatic heterocycles. The van der Waals surface area contributed by atoms with Crippen molar-refractivity contribution >= 4 is 11.9 Å². The van der Waals surface area contributed by atoms with Crippen LogP contribution in [-0.4, -0.2) is 28.6 Å². The SMILES string of the molecule is O=C(O)CCc1ccc(CCNC(=O)Cc2cc(O)cc3c2Cc2ccccc2-3)cc1. The molecule has 0 bridgehead atoms. The summed E-state index contributed by atoms with van der Waals surface area (Å²) in [7, 11) is 0. The zero-order chi connectivity index (χ0) is 21.8. The average molecular weight is 415 g/mol. The molecule has 1 amide bonds. The molecular weight excluding hydrogens is 390 g/mol. The van der Waals surface area contributed by atoms with Gasteiger partial charge in [-0.25, -0.2) is 0 Å². The fraction of sp³-hybridized carbons (Fsp3) is 0.231. The number of phenolic OH excluding ortho intramolecular Hbond substituents is 1. The standard InChI is InChI=1S/C26H25NO4/c28-21-13-20(23-14-19-3-1-2-4-22(19)24(23)16-21)15-25(29)27-12-11-18-7-5-17(6-8-18)9-10-26(30)31/h1-8,13,16,28H,9-12,14-15H2,(H,27,29)(H,30,31). The molecule has 5 heteroatoms. The number of nitrogens with one attached hydrogen (secondary N) is 1. The van der Waals surface area contributed by atoms with E-state index in [0.29, 0.717) is 19.4 Å². The molecule has 0 fully saturated rings. The van der Waals surface area contributed by atoms with E-state index < -0.39 is 5.97 Å². The lowest BCUT2D eigenvalue weighted by atomic mass is 9.98. The summed E-state index contributed by atoms with van der Waals surface area (Å²) in [6.45, 7) is 0.522. The molecular formula is C26H25NO4. The van der Waals surface area contributed by atoms with Crippen LogP contribution in [0.25, 0.3) is 11.1 Å². The highest BCUT2D eigenvalue weighted by atomic mass is 16.4. The molecule has 3 N–H and O–H groups in total. The Morgan fingerprint density at radius 3 is 2.35 bits per heavy atom. The van der Waals surface area contributed by atoms with Gasteiger partial charge in [0.15, 0.2) is 0 Å². The van der Waals surface area contributed by atoms with Gasteiger partial charge in [-0.05, 0) is 70.3 Å². The maximum absolute atomic E-state index is 12.5. The first-order valence-corrected chi connectivity index (χ1v) is 10.5. The van der Waals surface area contributed by atoms with Gasteiger partial charge in [0, 0.05) is 13.0 Å². The summed E-state index contributed by atoms with van der Waals surface area (Å²) in [6.07, 6.45) is 2.36. The van der Waals surface area contributed by atoms with Crippen LogP contribution in [0, 0.1) is 0 Å². The number of amides is 1. The Bertz CT molecular complexity index is 1120. The van der Waals surface area contributed by atoms with Gasteiger partial charge in [0.05, 0.1) is 6.42 Å². The zero-order valence-corrected chi connectivity index (χ0v) is 17.2. The topological polar surface area (TPSA) is 86.6 Å². The molecule has 0 radical (unpaired) electrons. The number of phenols is 1. The lowest BCUT2D eigenvalue weighted by Gasteiger charge is -2.11. The molecule has 0 aliphatic heterocycles. The first-order chi connectivity index (χ1) is 15.0. The van der Waals surface area contributed by atoms with Crippen LogP contribution in [0.15, 0.2) is 60.7 Å². The quantitative estimate of drug-likeness (QED) is 0.408. The zero-order valence-electron chi connectivity index (χ0n) is 17.2. The summed E-state index contributed by atoms with van der Waals surface area (Å²) < 4.78 is 0. The predicted octanol–water partition coefficient (Wildman–Crippen LogP) is 3.88. The summed E-state index contributed by atoms with van der Waals surface area (Å²) in [5.41, 5.74) is 7.43. The van der Waals surface area contributed by atoms with E-state index in [1.54, 1.807) is 12.1 Å². The third kappa shape index (κ3) is 4.94. The highest BCUT2D eigenvalue weighted by molar-refractivity contribution is 5.84. The van der Waals surface area contributed by atoms with Crippen LogP contribution in [0.4, 0.5) is 0 Å². The van der Waals surface area contributed by atoms with Gasteiger partial charge in [-0.1, -0.05) is 48.5 Å². The van der Waals surface area contributed by atoms with E-state index >= 15 is 0 Å². The monoisotopic (exact) mass is 415 g/mol. The Kier molecular flexibility index (Phi) is 6.03. The number of hydrogen-bond acceptors (Lipinski definition) is 3. The molecule has 5 nitrogen and oxygen atoms in total. The molecule has 3 aromatic rings. The number of aryl methyl sites for hydroxylation is 1. The molecule has 0 saturated heterocycles. The van der Waals surface area contributed by atoms with Crippen molar-refractivity contribution < 1.29 is 19.8 Å². The fourth-order valence-electron chi connectivity index (χ4n) is 4.16. The van der Waals surface area contributed by atoms with Crippen LogP contribution < -0.4 is 5.32 Å². The lowest BCUT2D eigenvalue weighted by molar-refractivity contribution is -0.137. The number of carbonyl (C=O) groups excluding carboxylic acids is 1. The van der Waals surface area contributed by atoms with Crippen LogP contribution in [0.5, 0.6) is 5.75 Å². The molecule has 3 aromatic carbocycles. The maximum Gasteiger partial charge on any atom is 0.303 e. The van der Waals surface area contributed by atoms with E-state index in [9.17, 15) is 14.7 Å². The van der Waals surface area contributed by atoms with Gasteiger partial charge < -0.3 is 15.5 Å². The normalized spacial score (nSPS) is 11.6. The van der Waals surface area contributed by atoms with Crippen molar-refractivity contribution in [2.24, 2.45) is 0 Å². The fourth-order valence-corrected chi connectivity index (χ4v) is 4.16.